The molecule has 5 aromatic rings. The van der Waals surface area contributed by atoms with E-state index in [4.69, 9.17) is 4.74 Å². The van der Waals surface area contributed by atoms with Crippen LogP contribution in [-0.2, 0) is 20.7 Å². The predicted octanol–water partition coefficient (Wildman–Crippen LogP) is 3.41. The van der Waals surface area contributed by atoms with Gasteiger partial charge in [0.2, 0.25) is 0 Å². The number of amides is 1. The Labute approximate surface area is 230 Å². The maximum absolute atomic E-state index is 14.7. The second-order valence-corrected chi connectivity index (χ2v) is 10.3. The molecule has 1 aliphatic rings. The van der Waals surface area contributed by atoms with Crippen LogP contribution in [0.2, 0.25) is 0 Å². The number of piperazine rings is 1. The fourth-order valence-electron chi connectivity index (χ4n) is 5.30. The highest BCUT2D eigenvalue weighted by Crippen LogP contribution is 2.31. The Morgan fingerprint density at radius 2 is 1.90 bits per heavy atom. The number of hydrogen-bond acceptors (Lipinski definition) is 8. The minimum atomic E-state index is -0.511. The molecular weight excluding hydrogens is 513 g/mol. The minimum Gasteiger partial charge on any atom is -0.457 e. The fraction of sp³-hybridized carbons (Fsp3) is 0.321. The lowest BCUT2D eigenvalue weighted by molar-refractivity contribution is 0.102. The minimum absolute atomic E-state index is 0.134. The number of carbonyl (C=O) groups is 1. The van der Waals surface area contributed by atoms with Crippen molar-refractivity contribution in [2.75, 3.05) is 23.3 Å². The molecule has 40 heavy (non-hydrogen) atoms. The highest BCUT2D eigenvalue weighted by Gasteiger charge is 2.25. The third-order valence-corrected chi connectivity index (χ3v) is 6.90. The van der Waals surface area contributed by atoms with Gasteiger partial charge in [-0.3, -0.25) is 14.2 Å². The molecule has 0 radical (unpaired) electrons. The summed E-state index contributed by atoms with van der Waals surface area (Å²) in [5, 5.41) is 16.2. The molecule has 206 valence electrons. The number of halogens is 1. The molecule has 2 atom stereocenters. The molecule has 0 aliphatic carbocycles. The molecule has 0 unspecified atom stereocenters. The molecule has 3 aromatic heterocycles. The highest BCUT2D eigenvalue weighted by molar-refractivity contribution is 6.14. The van der Waals surface area contributed by atoms with Gasteiger partial charge in [-0.2, -0.15) is 15.2 Å². The zero-order valence-electron chi connectivity index (χ0n) is 22.7. The number of ether oxygens (including phenoxy) is 1. The van der Waals surface area contributed by atoms with Gasteiger partial charge in [-0.1, -0.05) is 0 Å². The maximum atomic E-state index is 14.7. The Balaban J connectivity index is 1.37. The lowest BCUT2D eigenvalue weighted by Gasteiger charge is -2.38. The van der Waals surface area contributed by atoms with Crippen LogP contribution in [0.1, 0.15) is 29.9 Å². The summed E-state index contributed by atoms with van der Waals surface area (Å²) in [6.45, 7) is 6.07. The zero-order valence-corrected chi connectivity index (χ0v) is 22.7. The summed E-state index contributed by atoms with van der Waals surface area (Å²) in [6.07, 6.45) is 5.23. The first-order valence-electron chi connectivity index (χ1n) is 13.1. The molecule has 6 rings (SSSR count). The van der Waals surface area contributed by atoms with Crippen LogP contribution in [0.4, 0.5) is 15.8 Å². The van der Waals surface area contributed by atoms with Crippen LogP contribution in [0.5, 0.6) is 6.01 Å². The van der Waals surface area contributed by atoms with Crippen molar-refractivity contribution >= 4 is 39.1 Å². The third-order valence-electron chi connectivity index (χ3n) is 6.90. The van der Waals surface area contributed by atoms with Crippen molar-refractivity contribution in [2.24, 2.45) is 14.1 Å². The number of fused-ring (bicyclic) bond motifs is 2. The van der Waals surface area contributed by atoms with E-state index in [9.17, 15) is 9.18 Å². The van der Waals surface area contributed by atoms with Crippen LogP contribution >= 0.6 is 0 Å². The summed E-state index contributed by atoms with van der Waals surface area (Å²) < 4.78 is 23.8. The molecule has 11 nitrogen and oxygen atoms in total. The Bertz CT molecular complexity index is 1720. The zero-order chi connectivity index (χ0) is 28.0. The topological polar surface area (TPSA) is 115 Å². The number of benzene rings is 2. The summed E-state index contributed by atoms with van der Waals surface area (Å²) in [6, 6.07) is 9.20. The van der Waals surface area contributed by atoms with Crippen molar-refractivity contribution in [3.05, 3.63) is 66.0 Å². The summed E-state index contributed by atoms with van der Waals surface area (Å²) >= 11 is 0. The standard InChI is InChI=1S/C28H30FN9O2/c1-16-12-38(13-17(2)31-16)24-6-5-21(27(39)32-20-9-18-14-37(4)35-25(18)23(29)10-20)26-22(24)11-30-28(33-26)40-15-19-7-8-36(3)34-19/h5-11,14,16-17,31H,12-13,15H2,1-4H3,(H,32,39)/t16-,17-/m0/s1. The predicted molar refractivity (Wildman–Crippen MR) is 150 cm³/mol. The summed E-state index contributed by atoms with van der Waals surface area (Å²) in [5.41, 5.74) is 3.01. The summed E-state index contributed by atoms with van der Waals surface area (Å²) in [4.78, 5) is 25.0. The number of carbonyl (C=O) groups excluding carboxylic acids is 1. The fourth-order valence-corrected chi connectivity index (χ4v) is 5.30. The largest absolute Gasteiger partial charge is 0.457 e. The number of hydrogen-bond donors (Lipinski definition) is 2. The second kappa shape index (κ2) is 10.2. The molecule has 1 aliphatic heterocycles. The van der Waals surface area contributed by atoms with E-state index < -0.39 is 11.7 Å². The molecule has 2 N–H and O–H groups in total. The number of anilines is 2. The first-order valence-corrected chi connectivity index (χ1v) is 13.1. The molecule has 1 fully saturated rings. The number of aryl methyl sites for hydroxylation is 2. The van der Waals surface area contributed by atoms with Gasteiger partial charge in [0.05, 0.1) is 16.8 Å². The first kappa shape index (κ1) is 25.7. The van der Waals surface area contributed by atoms with E-state index in [1.807, 2.05) is 25.4 Å². The van der Waals surface area contributed by atoms with Gasteiger partial charge in [-0.05, 0) is 44.2 Å². The number of nitrogens with zero attached hydrogens (tertiary/aromatic N) is 7. The third kappa shape index (κ3) is 5.05. The molecular formula is C28H30FN9O2. The van der Waals surface area contributed by atoms with Crippen molar-refractivity contribution in [2.45, 2.75) is 32.5 Å². The highest BCUT2D eigenvalue weighted by atomic mass is 19.1. The van der Waals surface area contributed by atoms with E-state index in [1.54, 1.807) is 36.3 Å². The Morgan fingerprint density at radius 3 is 2.65 bits per heavy atom. The van der Waals surface area contributed by atoms with Crippen molar-refractivity contribution in [1.29, 1.82) is 0 Å². The molecule has 12 heteroatoms. The van der Waals surface area contributed by atoms with Gasteiger partial charge in [-0.25, -0.2) is 9.37 Å². The van der Waals surface area contributed by atoms with Gasteiger partial charge in [-0.15, -0.1) is 0 Å². The summed E-state index contributed by atoms with van der Waals surface area (Å²) in [5.74, 6) is -0.932. The monoisotopic (exact) mass is 543 g/mol. The molecule has 1 saturated heterocycles. The Hall–Kier alpha value is -4.58. The van der Waals surface area contributed by atoms with Crippen LogP contribution in [0, 0.1) is 5.82 Å². The van der Waals surface area contributed by atoms with E-state index >= 15 is 0 Å². The van der Waals surface area contributed by atoms with Crippen LogP contribution < -0.4 is 20.3 Å². The van der Waals surface area contributed by atoms with E-state index in [2.05, 4.69) is 49.5 Å². The maximum Gasteiger partial charge on any atom is 0.317 e. The van der Waals surface area contributed by atoms with E-state index in [-0.39, 0.29) is 18.1 Å². The van der Waals surface area contributed by atoms with E-state index in [1.165, 1.54) is 10.7 Å². The van der Waals surface area contributed by atoms with Gasteiger partial charge in [0.25, 0.3) is 5.91 Å². The SMILES string of the molecule is C[C@H]1CN(c2ccc(C(=O)Nc3cc(F)c4nn(C)cc4c3)c3nc(OCc4ccn(C)n4)ncc23)C[C@H](C)N1. The van der Waals surface area contributed by atoms with Crippen LogP contribution in [0.25, 0.3) is 21.8 Å². The quantitative estimate of drug-likeness (QED) is 0.335. The van der Waals surface area contributed by atoms with Crippen LogP contribution in [-0.4, -0.2) is 60.6 Å². The molecule has 1 amide bonds. The van der Waals surface area contributed by atoms with Crippen molar-refractivity contribution in [3.8, 4) is 6.01 Å². The molecule has 4 heterocycles. The second-order valence-electron chi connectivity index (χ2n) is 10.3. The smallest absolute Gasteiger partial charge is 0.317 e. The van der Waals surface area contributed by atoms with Gasteiger partial charge in [0.1, 0.15) is 12.1 Å². The Kier molecular flexibility index (Phi) is 6.54. The number of rotatable bonds is 6. The summed E-state index contributed by atoms with van der Waals surface area (Å²) in [7, 11) is 3.55. The van der Waals surface area contributed by atoms with Gasteiger partial charge in [0.15, 0.2) is 5.82 Å². The van der Waals surface area contributed by atoms with Gasteiger partial charge in [0, 0.05) is 80.0 Å². The number of nitrogens with one attached hydrogen (secondary N) is 2. The number of aromatic nitrogens is 6. The van der Waals surface area contributed by atoms with E-state index in [0.717, 1.165) is 29.9 Å². The van der Waals surface area contributed by atoms with Crippen LogP contribution in [0.15, 0.2) is 48.9 Å². The lowest BCUT2D eigenvalue weighted by atomic mass is 10.0. The van der Waals surface area contributed by atoms with Crippen molar-refractivity contribution in [1.82, 2.24) is 34.8 Å². The Morgan fingerprint density at radius 1 is 1.10 bits per heavy atom. The van der Waals surface area contributed by atoms with Gasteiger partial charge >= 0.3 is 6.01 Å². The van der Waals surface area contributed by atoms with Crippen molar-refractivity contribution < 1.29 is 13.9 Å². The first-order chi connectivity index (χ1) is 19.2. The molecule has 0 saturated carbocycles. The molecule has 0 spiro atoms. The lowest BCUT2D eigenvalue weighted by Crippen LogP contribution is -2.54. The average Bonchev–Trinajstić information content (AvgIpc) is 3.50. The van der Waals surface area contributed by atoms with E-state index in [0.29, 0.717) is 34.2 Å². The molecule has 2 aromatic carbocycles. The average molecular weight is 544 g/mol. The van der Waals surface area contributed by atoms with Crippen molar-refractivity contribution in [3.63, 3.8) is 0 Å². The molecule has 0 bridgehead atoms. The normalized spacial score (nSPS) is 17.5. The van der Waals surface area contributed by atoms with Crippen LogP contribution in [0.3, 0.4) is 0 Å². The van der Waals surface area contributed by atoms with Gasteiger partial charge < -0.3 is 20.3 Å².